The lowest BCUT2D eigenvalue weighted by Crippen LogP contribution is -2.64. The van der Waals surface area contributed by atoms with E-state index in [0.717, 1.165) is 0 Å². The van der Waals surface area contributed by atoms with Crippen LogP contribution in [0.3, 0.4) is 0 Å². The predicted molar refractivity (Wildman–Crippen MR) is 46.0 cm³/mol. The minimum Gasteiger partial charge on any atom is -0.390 e. The Kier molecular flexibility index (Phi) is 3.26. The van der Waals surface area contributed by atoms with Gasteiger partial charge in [0, 0.05) is 5.92 Å². The van der Waals surface area contributed by atoms with E-state index >= 15 is 0 Å². The SMILES string of the molecule is CN[C@@H]1[C@@H](O)[C@H](O)[C@@H](C)[C@H](O)[C@@H]1O. The number of hydrogen-bond acceptors (Lipinski definition) is 5. The molecule has 5 N–H and O–H groups in total. The molecule has 1 aliphatic carbocycles. The Hall–Kier alpha value is -0.200. The van der Waals surface area contributed by atoms with E-state index in [4.69, 9.17) is 0 Å². The van der Waals surface area contributed by atoms with Gasteiger partial charge < -0.3 is 25.7 Å². The topological polar surface area (TPSA) is 93.0 Å². The van der Waals surface area contributed by atoms with Crippen LogP contribution >= 0.6 is 0 Å². The molecule has 13 heavy (non-hydrogen) atoms. The Bertz CT molecular complexity index is 162. The molecule has 0 radical (unpaired) electrons. The molecule has 6 atom stereocenters. The van der Waals surface area contributed by atoms with Gasteiger partial charge in [-0.15, -0.1) is 0 Å². The zero-order chi connectivity index (χ0) is 10.2. The van der Waals surface area contributed by atoms with Crippen LogP contribution in [-0.2, 0) is 0 Å². The van der Waals surface area contributed by atoms with Crippen LogP contribution in [-0.4, -0.2) is 57.9 Å². The fourth-order valence-corrected chi connectivity index (χ4v) is 1.79. The Morgan fingerprint density at radius 1 is 0.846 bits per heavy atom. The molecule has 0 heterocycles. The zero-order valence-electron chi connectivity index (χ0n) is 7.75. The average Bonchev–Trinajstić information content (AvgIpc) is 2.13. The smallest absolute Gasteiger partial charge is 0.0981 e. The lowest BCUT2D eigenvalue weighted by Gasteiger charge is -2.42. The maximum atomic E-state index is 9.51. The zero-order valence-corrected chi connectivity index (χ0v) is 7.75. The monoisotopic (exact) mass is 191 g/mol. The summed E-state index contributed by atoms with van der Waals surface area (Å²) in [6.45, 7) is 1.59. The molecule has 78 valence electrons. The summed E-state index contributed by atoms with van der Waals surface area (Å²) in [5.41, 5.74) is 0. The molecule has 5 nitrogen and oxygen atoms in total. The van der Waals surface area contributed by atoms with Gasteiger partial charge in [0.15, 0.2) is 0 Å². The van der Waals surface area contributed by atoms with Gasteiger partial charge in [-0.25, -0.2) is 0 Å². The average molecular weight is 191 g/mol. The van der Waals surface area contributed by atoms with Crippen LogP contribution in [0, 0.1) is 5.92 Å². The van der Waals surface area contributed by atoms with Crippen molar-refractivity contribution < 1.29 is 20.4 Å². The molecular formula is C8H17NO4. The maximum absolute atomic E-state index is 9.51. The fraction of sp³-hybridized carbons (Fsp3) is 1.00. The minimum atomic E-state index is -1.04. The van der Waals surface area contributed by atoms with Crippen molar-refractivity contribution in [2.24, 2.45) is 5.92 Å². The second-order valence-electron chi connectivity index (χ2n) is 3.64. The van der Waals surface area contributed by atoms with E-state index in [1.54, 1.807) is 14.0 Å². The molecule has 1 rings (SSSR count). The van der Waals surface area contributed by atoms with Crippen molar-refractivity contribution >= 4 is 0 Å². The number of aliphatic hydroxyl groups excluding tert-OH is 4. The minimum absolute atomic E-state index is 0.519. The summed E-state index contributed by atoms with van der Waals surface area (Å²) >= 11 is 0. The molecule has 1 saturated carbocycles. The summed E-state index contributed by atoms with van der Waals surface area (Å²) in [7, 11) is 1.56. The van der Waals surface area contributed by atoms with Crippen molar-refractivity contribution in [2.45, 2.75) is 37.4 Å². The first-order valence-corrected chi connectivity index (χ1v) is 4.40. The second kappa shape index (κ2) is 3.89. The number of rotatable bonds is 1. The Balaban J connectivity index is 2.79. The molecule has 0 spiro atoms. The van der Waals surface area contributed by atoms with Crippen molar-refractivity contribution in [1.82, 2.24) is 5.32 Å². The second-order valence-corrected chi connectivity index (χ2v) is 3.64. The largest absolute Gasteiger partial charge is 0.390 e. The number of nitrogens with one attached hydrogen (secondary N) is 1. The highest BCUT2D eigenvalue weighted by atomic mass is 16.4. The van der Waals surface area contributed by atoms with E-state index < -0.39 is 36.4 Å². The highest BCUT2D eigenvalue weighted by Crippen LogP contribution is 2.25. The molecule has 0 aromatic carbocycles. The number of aliphatic hydroxyl groups is 4. The van der Waals surface area contributed by atoms with Crippen molar-refractivity contribution in [3.05, 3.63) is 0 Å². The van der Waals surface area contributed by atoms with Crippen LogP contribution < -0.4 is 5.32 Å². The van der Waals surface area contributed by atoms with Crippen molar-refractivity contribution in [1.29, 1.82) is 0 Å². The number of hydrogen-bond donors (Lipinski definition) is 5. The van der Waals surface area contributed by atoms with Crippen LogP contribution in [0.5, 0.6) is 0 Å². The summed E-state index contributed by atoms with van der Waals surface area (Å²) in [4.78, 5) is 0. The molecule has 1 fully saturated rings. The molecule has 0 amide bonds. The van der Waals surface area contributed by atoms with Gasteiger partial charge in [-0.3, -0.25) is 0 Å². The van der Waals surface area contributed by atoms with Crippen LogP contribution in [0.15, 0.2) is 0 Å². The molecule has 0 aliphatic heterocycles. The van der Waals surface area contributed by atoms with Gasteiger partial charge in [-0.1, -0.05) is 6.92 Å². The molecular weight excluding hydrogens is 174 g/mol. The molecule has 0 aromatic rings. The quantitative estimate of drug-likeness (QED) is 0.320. The Labute approximate surface area is 77.0 Å². The van der Waals surface area contributed by atoms with E-state index in [-0.39, 0.29) is 0 Å². The molecule has 0 aromatic heterocycles. The van der Waals surface area contributed by atoms with Gasteiger partial charge in [0.2, 0.25) is 0 Å². The molecule has 1 aliphatic rings. The van der Waals surface area contributed by atoms with Crippen molar-refractivity contribution in [3.8, 4) is 0 Å². The van der Waals surface area contributed by atoms with Crippen LogP contribution in [0.2, 0.25) is 0 Å². The first-order chi connectivity index (χ1) is 6.00. The van der Waals surface area contributed by atoms with Gasteiger partial charge in [0.05, 0.1) is 30.5 Å². The lowest BCUT2D eigenvalue weighted by atomic mass is 9.78. The van der Waals surface area contributed by atoms with Gasteiger partial charge >= 0.3 is 0 Å². The third-order valence-electron chi connectivity index (χ3n) is 2.85. The lowest BCUT2D eigenvalue weighted by molar-refractivity contribution is -0.157. The first kappa shape index (κ1) is 10.9. The highest BCUT2D eigenvalue weighted by molar-refractivity contribution is 4.99. The third-order valence-corrected chi connectivity index (χ3v) is 2.85. The molecule has 5 heteroatoms. The highest BCUT2D eigenvalue weighted by Gasteiger charge is 2.45. The van der Waals surface area contributed by atoms with Crippen molar-refractivity contribution in [3.63, 3.8) is 0 Å². The van der Waals surface area contributed by atoms with Crippen LogP contribution in [0.25, 0.3) is 0 Å². The maximum Gasteiger partial charge on any atom is 0.0981 e. The van der Waals surface area contributed by atoms with E-state index in [1.807, 2.05) is 0 Å². The van der Waals surface area contributed by atoms with Crippen LogP contribution in [0.1, 0.15) is 6.92 Å². The molecule has 0 unspecified atom stereocenters. The van der Waals surface area contributed by atoms with E-state index in [9.17, 15) is 20.4 Å². The predicted octanol–water partition coefficient (Wildman–Crippen LogP) is -2.33. The summed E-state index contributed by atoms with van der Waals surface area (Å²) in [5, 5.41) is 40.6. The van der Waals surface area contributed by atoms with Crippen LogP contribution in [0.4, 0.5) is 0 Å². The molecule has 0 bridgehead atoms. The Morgan fingerprint density at radius 2 is 1.23 bits per heavy atom. The summed E-state index contributed by atoms with van der Waals surface area (Å²) in [6.07, 6.45) is -4.09. The summed E-state index contributed by atoms with van der Waals surface area (Å²) < 4.78 is 0. The van der Waals surface area contributed by atoms with Crippen molar-refractivity contribution in [2.75, 3.05) is 7.05 Å². The summed E-state index contributed by atoms with van der Waals surface area (Å²) in [6, 6.07) is -0.679. The third kappa shape index (κ3) is 1.70. The van der Waals surface area contributed by atoms with E-state index in [1.165, 1.54) is 0 Å². The summed E-state index contributed by atoms with van der Waals surface area (Å²) in [5.74, 6) is -0.519. The standard InChI is InChI=1S/C8H17NO4/c1-3-5(10)7(12)4(9-2)8(13)6(3)11/h3-13H,1-2H3/t3-,4-,5-,6+,7-,8-/m1/s1. The van der Waals surface area contributed by atoms with Gasteiger partial charge in [-0.05, 0) is 7.05 Å². The van der Waals surface area contributed by atoms with Gasteiger partial charge in [-0.2, -0.15) is 0 Å². The fourth-order valence-electron chi connectivity index (χ4n) is 1.79. The van der Waals surface area contributed by atoms with E-state index in [2.05, 4.69) is 5.32 Å². The van der Waals surface area contributed by atoms with Gasteiger partial charge in [0.25, 0.3) is 0 Å². The normalized spacial score (nSPS) is 52.2. The Morgan fingerprint density at radius 3 is 1.54 bits per heavy atom. The van der Waals surface area contributed by atoms with Gasteiger partial charge in [0.1, 0.15) is 0 Å². The first-order valence-electron chi connectivity index (χ1n) is 4.40. The number of likely N-dealkylation sites (N-methyl/N-ethyl adjacent to an activating group) is 1. The van der Waals surface area contributed by atoms with E-state index in [0.29, 0.717) is 0 Å². The molecule has 0 saturated heterocycles.